The quantitative estimate of drug-likeness (QED) is 0.169. The molecule has 1 aromatic heterocycles. The standard InChI is InChI=1S/C36H30ClN3O7S2/c1-2-46-35(44)17-6-10-20(11-7-17)38-25(41)16-47-22-5-3-4-18(14-22)26-27-23-15-24(30(27)48-32-31(26)49-36(45)39-32)29-28(23)33(42)40(34(29)43)21-12-8-19(37)9-13-21/h3-14,23-24,26-30H,2,15-16H2,1H3,(H,38,41)(H,39,45)/t23-,24-,26+,27-,28+,29+,30-/m1/s1. The number of H-pyrrole nitrogens is 1. The zero-order chi connectivity index (χ0) is 34.0. The minimum atomic E-state index is -0.431. The second kappa shape index (κ2) is 12.5. The van der Waals surface area contributed by atoms with Crippen LogP contribution in [0.15, 0.2) is 82.6 Å². The maximum Gasteiger partial charge on any atom is 0.338 e. The topological polar surface area (TPSA) is 135 Å². The van der Waals surface area contributed by atoms with Crippen molar-refractivity contribution in [1.82, 2.24) is 4.98 Å². The van der Waals surface area contributed by atoms with Gasteiger partial charge in [-0.05, 0) is 97.3 Å². The Balaban J connectivity index is 1.03. The summed E-state index contributed by atoms with van der Waals surface area (Å²) in [5.41, 5.74) is 2.36. The summed E-state index contributed by atoms with van der Waals surface area (Å²) >= 11 is 8.90. The SMILES string of the molecule is CCOC(=O)c1ccc(NC(=O)COc2cccc([C@@H]3c4sc(=O)[nH]c4S[C@@H]4[C@@H]5C[C@@H]([C@@H]6C(=O)N(c7ccc(Cl)cc7)C(=O)[C@@H]56)[C@H]34)c2)cc1. The summed E-state index contributed by atoms with van der Waals surface area (Å²) in [7, 11) is 0. The van der Waals surface area contributed by atoms with E-state index in [-0.39, 0.29) is 64.7 Å². The number of nitrogens with zero attached hydrogens (tertiary/aromatic N) is 1. The molecule has 2 aliphatic heterocycles. The van der Waals surface area contributed by atoms with Gasteiger partial charge in [0, 0.05) is 26.8 Å². The summed E-state index contributed by atoms with van der Waals surface area (Å²) in [5.74, 6) is -1.68. The van der Waals surface area contributed by atoms with Gasteiger partial charge < -0.3 is 19.8 Å². The molecule has 0 radical (unpaired) electrons. The first-order chi connectivity index (χ1) is 23.7. The second-order valence-electron chi connectivity index (χ2n) is 12.7. The van der Waals surface area contributed by atoms with E-state index in [0.29, 0.717) is 27.7 Å². The molecular weight excluding hydrogens is 686 g/mol. The van der Waals surface area contributed by atoms with E-state index in [4.69, 9.17) is 21.1 Å². The van der Waals surface area contributed by atoms with E-state index < -0.39 is 17.8 Å². The van der Waals surface area contributed by atoms with Gasteiger partial charge in [0.1, 0.15) is 5.75 Å². The number of benzene rings is 3. The number of hydrogen-bond donors (Lipinski definition) is 2. The molecule has 0 spiro atoms. The lowest BCUT2D eigenvalue weighted by Gasteiger charge is -2.43. The normalized spacial score (nSPS) is 26.2. The fraction of sp³-hybridized carbons (Fsp3) is 0.306. The van der Waals surface area contributed by atoms with E-state index in [1.807, 2.05) is 18.2 Å². The molecule has 250 valence electrons. The highest BCUT2D eigenvalue weighted by Gasteiger charge is 2.69. The van der Waals surface area contributed by atoms with Crippen molar-refractivity contribution in [2.24, 2.45) is 29.6 Å². The maximum atomic E-state index is 14.0. The molecule has 3 amide bonds. The van der Waals surface area contributed by atoms with Crippen molar-refractivity contribution in [3.05, 3.63) is 103 Å². The van der Waals surface area contributed by atoms with E-state index in [0.717, 1.165) is 21.9 Å². The third-order valence-electron chi connectivity index (χ3n) is 10.1. The van der Waals surface area contributed by atoms with Crippen molar-refractivity contribution >= 4 is 69.8 Å². The number of rotatable bonds is 8. The zero-order valence-electron chi connectivity index (χ0n) is 26.1. The molecule has 3 heterocycles. The Morgan fingerprint density at radius 2 is 1.71 bits per heavy atom. The van der Waals surface area contributed by atoms with Crippen molar-refractivity contribution in [3.63, 3.8) is 0 Å². The van der Waals surface area contributed by atoms with Crippen LogP contribution < -0.4 is 19.8 Å². The van der Waals surface area contributed by atoms with E-state index in [1.54, 1.807) is 73.3 Å². The molecular formula is C36H30ClN3O7S2. The van der Waals surface area contributed by atoms with Gasteiger partial charge in [-0.15, -0.1) is 11.8 Å². The first-order valence-electron chi connectivity index (χ1n) is 16.0. The summed E-state index contributed by atoms with van der Waals surface area (Å²) < 4.78 is 10.9. The summed E-state index contributed by atoms with van der Waals surface area (Å²) in [5, 5.41) is 4.16. The molecule has 2 bridgehead atoms. The molecule has 8 rings (SSSR count). The number of anilines is 2. The van der Waals surface area contributed by atoms with Gasteiger partial charge >= 0.3 is 10.8 Å². The molecule has 2 N–H and O–H groups in total. The molecule has 3 fully saturated rings. The van der Waals surface area contributed by atoms with E-state index in [9.17, 15) is 24.0 Å². The van der Waals surface area contributed by atoms with Crippen LogP contribution in [-0.4, -0.2) is 47.1 Å². The minimum Gasteiger partial charge on any atom is -0.484 e. The Hall–Kier alpha value is -4.39. The van der Waals surface area contributed by atoms with Crippen LogP contribution in [0.1, 0.15) is 40.1 Å². The van der Waals surface area contributed by atoms with E-state index in [2.05, 4.69) is 10.3 Å². The molecule has 1 saturated heterocycles. The number of thioether (sulfide) groups is 1. The lowest BCUT2D eigenvalue weighted by Crippen LogP contribution is -2.42. The van der Waals surface area contributed by atoms with Crippen LogP contribution >= 0.6 is 34.7 Å². The lowest BCUT2D eigenvalue weighted by molar-refractivity contribution is -0.123. The number of aromatic amines is 1. The molecule has 2 saturated carbocycles. The summed E-state index contributed by atoms with van der Waals surface area (Å²) in [4.78, 5) is 70.3. The second-order valence-corrected chi connectivity index (χ2v) is 15.3. The number of carbonyl (C=O) groups is 4. The maximum absolute atomic E-state index is 14.0. The highest BCUT2D eigenvalue weighted by atomic mass is 35.5. The van der Waals surface area contributed by atoms with Crippen LogP contribution in [0.25, 0.3) is 0 Å². The van der Waals surface area contributed by atoms with Gasteiger partial charge in [-0.1, -0.05) is 35.1 Å². The van der Waals surface area contributed by atoms with Crippen LogP contribution in [0.5, 0.6) is 5.75 Å². The molecule has 4 aliphatic rings. The number of nitrogens with one attached hydrogen (secondary N) is 2. The van der Waals surface area contributed by atoms with Crippen LogP contribution in [0.3, 0.4) is 0 Å². The van der Waals surface area contributed by atoms with Crippen molar-refractivity contribution in [2.45, 2.75) is 29.5 Å². The van der Waals surface area contributed by atoms with Crippen LogP contribution in [0.2, 0.25) is 5.02 Å². The van der Waals surface area contributed by atoms with Gasteiger partial charge in [0.2, 0.25) is 11.8 Å². The average molecular weight is 716 g/mol. The number of aromatic nitrogens is 1. The third-order valence-corrected chi connectivity index (χ3v) is 12.9. The predicted octanol–water partition coefficient (Wildman–Crippen LogP) is 5.96. The predicted molar refractivity (Wildman–Crippen MR) is 185 cm³/mol. The highest BCUT2D eigenvalue weighted by molar-refractivity contribution is 8.00. The van der Waals surface area contributed by atoms with Crippen molar-refractivity contribution in [2.75, 3.05) is 23.4 Å². The minimum absolute atomic E-state index is 0.00714. The fourth-order valence-electron chi connectivity index (χ4n) is 8.28. The number of halogens is 1. The average Bonchev–Trinajstić information content (AvgIpc) is 3.83. The molecule has 7 atom stereocenters. The molecule has 49 heavy (non-hydrogen) atoms. The van der Waals surface area contributed by atoms with Crippen LogP contribution in [-0.2, 0) is 19.1 Å². The Morgan fingerprint density at radius 1 is 0.980 bits per heavy atom. The summed E-state index contributed by atoms with van der Waals surface area (Å²) in [6, 6.07) is 20.7. The number of thiazole rings is 1. The smallest absolute Gasteiger partial charge is 0.338 e. The monoisotopic (exact) mass is 715 g/mol. The van der Waals surface area contributed by atoms with Gasteiger partial charge in [-0.2, -0.15) is 0 Å². The van der Waals surface area contributed by atoms with Gasteiger partial charge in [-0.3, -0.25) is 24.1 Å². The summed E-state index contributed by atoms with van der Waals surface area (Å²) in [6.07, 6.45) is 0.774. The van der Waals surface area contributed by atoms with Gasteiger partial charge in [0.25, 0.3) is 5.91 Å². The molecule has 3 aromatic carbocycles. The zero-order valence-corrected chi connectivity index (χ0v) is 28.5. The molecule has 0 unspecified atom stereocenters. The molecule has 4 aromatic rings. The Kier molecular flexibility index (Phi) is 8.12. The third kappa shape index (κ3) is 5.46. The summed E-state index contributed by atoms with van der Waals surface area (Å²) in [6.45, 7) is 1.76. The number of amides is 3. The van der Waals surface area contributed by atoms with E-state index in [1.165, 1.54) is 16.2 Å². The number of ether oxygens (including phenoxy) is 2. The molecule has 10 nitrogen and oxygen atoms in total. The van der Waals surface area contributed by atoms with Gasteiger partial charge in [0.15, 0.2) is 6.61 Å². The number of esters is 1. The van der Waals surface area contributed by atoms with Gasteiger partial charge in [0.05, 0.1) is 34.7 Å². The molecule has 2 aliphatic carbocycles. The van der Waals surface area contributed by atoms with Crippen LogP contribution in [0.4, 0.5) is 11.4 Å². The first-order valence-corrected chi connectivity index (χ1v) is 18.1. The number of hydrogen-bond acceptors (Lipinski definition) is 9. The van der Waals surface area contributed by atoms with Crippen LogP contribution in [0, 0.1) is 29.6 Å². The molecule has 13 heteroatoms. The Labute approximate surface area is 294 Å². The largest absolute Gasteiger partial charge is 0.484 e. The Bertz CT molecular complexity index is 2050. The first kappa shape index (κ1) is 31.9. The highest BCUT2D eigenvalue weighted by Crippen LogP contribution is 2.68. The van der Waals surface area contributed by atoms with Crippen molar-refractivity contribution < 1.29 is 28.7 Å². The van der Waals surface area contributed by atoms with Crippen molar-refractivity contribution in [3.8, 4) is 5.75 Å². The number of imide groups is 1. The van der Waals surface area contributed by atoms with E-state index >= 15 is 0 Å². The number of carbonyl (C=O) groups excluding carboxylic acids is 4. The fourth-order valence-corrected chi connectivity index (χ4v) is 11.3. The van der Waals surface area contributed by atoms with Crippen molar-refractivity contribution in [1.29, 1.82) is 0 Å². The lowest BCUT2D eigenvalue weighted by atomic mass is 9.68. The van der Waals surface area contributed by atoms with Gasteiger partial charge in [-0.25, -0.2) is 4.79 Å². The number of fused-ring (bicyclic) bond motifs is 9. The Morgan fingerprint density at radius 3 is 2.45 bits per heavy atom.